The van der Waals surface area contributed by atoms with Gasteiger partial charge in [0.1, 0.15) is 0 Å². The summed E-state index contributed by atoms with van der Waals surface area (Å²) in [5.41, 5.74) is 3.34. The summed E-state index contributed by atoms with van der Waals surface area (Å²) in [7, 11) is 0. The molecule has 1 aliphatic heterocycles. The molecule has 0 radical (unpaired) electrons. The number of hydrogen-bond donors (Lipinski definition) is 1. The van der Waals surface area contributed by atoms with Gasteiger partial charge in [-0.3, -0.25) is 0 Å². The highest BCUT2D eigenvalue weighted by molar-refractivity contribution is 7.16. The summed E-state index contributed by atoms with van der Waals surface area (Å²) in [6.45, 7) is 8.31. The van der Waals surface area contributed by atoms with Crippen LogP contribution in [-0.4, -0.2) is 31.2 Å². The number of aromatic nitrogens is 1. The van der Waals surface area contributed by atoms with Gasteiger partial charge in [-0.05, 0) is 31.5 Å². The van der Waals surface area contributed by atoms with Crippen molar-refractivity contribution in [1.29, 1.82) is 0 Å². The summed E-state index contributed by atoms with van der Waals surface area (Å²) < 4.78 is 0. The fourth-order valence-corrected chi connectivity index (χ4v) is 3.53. The van der Waals surface area contributed by atoms with Crippen molar-refractivity contribution in [3.05, 3.63) is 33.7 Å². The minimum Gasteiger partial charge on any atom is -0.346 e. The van der Waals surface area contributed by atoms with Crippen molar-refractivity contribution in [3.63, 3.8) is 0 Å². The lowest BCUT2D eigenvalue weighted by atomic mass is 10.1. The largest absolute Gasteiger partial charge is 0.346 e. The van der Waals surface area contributed by atoms with Gasteiger partial charge in [-0.25, -0.2) is 4.98 Å². The molecule has 5 heteroatoms. The fourth-order valence-electron chi connectivity index (χ4n) is 2.43. The SMILES string of the molecule is Cc1cc(-c2nc(N3CCNCC3)sc2C)ccc1Cl. The van der Waals surface area contributed by atoms with Crippen LogP contribution in [0.4, 0.5) is 5.13 Å². The van der Waals surface area contributed by atoms with E-state index in [-0.39, 0.29) is 0 Å². The van der Waals surface area contributed by atoms with E-state index in [0.29, 0.717) is 0 Å². The highest BCUT2D eigenvalue weighted by Gasteiger charge is 2.17. The second kappa shape index (κ2) is 5.72. The van der Waals surface area contributed by atoms with Gasteiger partial charge in [-0.1, -0.05) is 17.7 Å². The van der Waals surface area contributed by atoms with Crippen LogP contribution in [0.3, 0.4) is 0 Å². The standard InChI is InChI=1S/C15H18ClN3S/c1-10-9-12(3-4-13(10)16)14-11(2)20-15(18-14)19-7-5-17-6-8-19/h3-4,9,17H,5-8H2,1-2H3. The molecule has 1 N–H and O–H groups in total. The minimum absolute atomic E-state index is 0.809. The lowest BCUT2D eigenvalue weighted by Crippen LogP contribution is -2.43. The summed E-state index contributed by atoms with van der Waals surface area (Å²) >= 11 is 7.88. The second-order valence-electron chi connectivity index (χ2n) is 5.10. The number of thiazole rings is 1. The highest BCUT2D eigenvalue weighted by Crippen LogP contribution is 2.33. The number of aryl methyl sites for hydroxylation is 2. The number of rotatable bonds is 2. The molecule has 2 heterocycles. The first-order chi connectivity index (χ1) is 9.65. The first kappa shape index (κ1) is 13.9. The Hall–Kier alpha value is -1.10. The summed E-state index contributed by atoms with van der Waals surface area (Å²) in [5, 5.41) is 5.31. The summed E-state index contributed by atoms with van der Waals surface area (Å²) in [6.07, 6.45) is 0. The van der Waals surface area contributed by atoms with Gasteiger partial charge in [0.2, 0.25) is 0 Å². The average Bonchev–Trinajstić information content (AvgIpc) is 2.85. The van der Waals surface area contributed by atoms with Crippen molar-refractivity contribution in [2.45, 2.75) is 13.8 Å². The van der Waals surface area contributed by atoms with Gasteiger partial charge in [-0.2, -0.15) is 0 Å². The Balaban J connectivity index is 1.93. The predicted octanol–water partition coefficient (Wildman–Crippen LogP) is 3.49. The lowest BCUT2D eigenvalue weighted by Gasteiger charge is -2.26. The Bertz CT molecular complexity index is 618. The Morgan fingerprint density at radius 2 is 2.00 bits per heavy atom. The molecule has 1 aromatic carbocycles. The molecule has 3 nitrogen and oxygen atoms in total. The number of hydrogen-bond acceptors (Lipinski definition) is 4. The van der Waals surface area contributed by atoms with Crippen molar-refractivity contribution < 1.29 is 0 Å². The summed E-state index contributed by atoms with van der Waals surface area (Å²) in [6, 6.07) is 6.13. The molecule has 106 valence electrons. The van der Waals surface area contributed by atoms with Gasteiger partial charge in [0.05, 0.1) is 5.69 Å². The van der Waals surface area contributed by atoms with Crippen LogP contribution < -0.4 is 10.2 Å². The van der Waals surface area contributed by atoms with E-state index in [9.17, 15) is 0 Å². The van der Waals surface area contributed by atoms with Gasteiger partial charge in [0.25, 0.3) is 0 Å². The molecular formula is C15H18ClN3S. The predicted molar refractivity (Wildman–Crippen MR) is 87.1 cm³/mol. The molecule has 0 amide bonds. The lowest BCUT2D eigenvalue weighted by molar-refractivity contribution is 0.588. The number of nitrogens with zero attached hydrogens (tertiary/aromatic N) is 2. The van der Waals surface area contributed by atoms with E-state index in [1.165, 1.54) is 4.88 Å². The zero-order chi connectivity index (χ0) is 14.1. The number of anilines is 1. The number of benzene rings is 1. The third-order valence-electron chi connectivity index (χ3n) is 3.60. The van der Waals surface area contributed by atoms with Crippen LogP contribution >= 0.6 is 22.9 Å². The van der Waals surface area contributed by atoms with E-state index in [4.69, 9.17) is 16.6 Å². The van der Waals surface area contributed by atoms with Crippen molar-refractivity contribution in [2.24, 2.45) is 0 Å². The maximum Gasteiger partial charge on any atom is 0.186 e. The van der Waals surface area contributed by atoms with Crippen molar-refractivity contribution >= 4 is 28.1 Å². The quantitative estimate of drug-likeness (QED) is 0.920. The maximum atomic E-state index is 6.10. The van der Waals surface area contributed by atoms with E-state index in [0.717, 1.165) is 53.2 Å². The number of nitrogens with one attached hydrogen (secondary N) is 1. The van der Waals surface area contributed by atoms with Crippen LogP contribution in [0.25, 0.3) is 11.3 Å². The average molecular weight is 308 g/mol. The minimum atomic E-state index is 0.809. The van der Waals surface area contributed by atoms with Gasteiger partial charge in [0, 0.05) is 41.6 Å². The van der Waals surface area contributed by atoms with E-state index in [1.54, 1.807) is 11.3 Å². The smallest absolute Gasteiger partial charge is 0.186 e. The van der Waals surface area contributed by atoms with Crippen LogP contribution in [0.2, 0.25) is 5.02 Å². The third-order valence-corrected chi connectivity index (χ3v) is 5.06. The van der Waals surface area contributed by atoms with E-state index < -0.39 is 0 Å². The van der Waals surface area contributed by atoms with E-state index in [1.807, 2.05) is 13.0 Å². The van der Waals surface area contributed by atoms with Crippen LogP contribution in [0, 0.1) is 13.8 Å². The van der Waals surface area contributed by atoms with Crippen molar-refractivity contribution in [1.82, 2.24) is 10.3 Å². The molecule has 0 aliphatic carbocycles. The Morgan fingerprint density at radius 1 is 1.25 bits per heavy atom. The zero-order valence-electron chi connectivity index (χ0n) is 11.7. The molecular weight excluding hydrogens is 290 g/mol. The van der Waals surface area contributed by atoms with Crippen LogP contribution in [-0.2, 0) is 0 Å². The first-order valence-electron chi connectivity index (χ1n) is 6.85. The van der Waals surface area contributed by atoms with Gasteiger partial charge >= 0.3 is 0 Å². The van der Waals surface area contributed by atoms with Gasteiger partial charge in [0.15, 0.2) is 5.13 Å². The molecule has 1 aliphatic rings. The molecule has 3 rings (SSSR count). The van der Waals surface area contributed by atoms with Gasteiger partial charge < -0.3 is 10.2 Å². The van der Waals surface area contributed by atoms with Crippen molar-refractivity contribution in [2.75, 3.05) is 31.1 Å². The maximum absolute atomic E-state index is 6.10. The molecule has 0 bridgehead atoms. The Kier molecular flexibility index (Phi) is 3.96. The van der Waals surface area contributed by atoms with E-state index >= 15 is 0 Å². The van der Waals surface area contributed by atoms with Crippen molar-refractivity contribution in [3.8, 4) is 11.3 Å². The summed E-state index contributed by atoms with van der Waals surface area (Å²) in [4.78, 5) is 8.47. The van der Waals surface area contributed by atoms with Gasteiger partial charge in [-0.15, -0.1) is 11.3 Å². The third kappa shape index (κ3) is 2.68. The molecule has 0 atom stereocenters. The molecule has 1 saturated heterocycles. The number of halogens is 1. The topological polar surface area (TPSA) is 28.2 Å². The molecule has 0 saturated carbocycles. The molecule has 0 spiro atoms. The number of piperazine rings is 1. The highest BCUT2D eigenvalue weighted by atomic mass is 35.5. The molecule has 1 fully saturated rings. The van der Waals surface area contributed by atoms with Crippen LogP contribution in [0.15, 0.2) is 18.2 Å². The summed E-state index contributed by atoms with van der Waals surface area (Å²) in [5.74, 6) is 0. The zero-order valence-corrected chi connectivity index (χ0v) is 13.3. The Labute approximate surface area is 128 Å². The fraction of sp³-hybridized carbons (Fsp3) is 0.400. The van der Waals surface area contributed by atoms with Crippen LogP contribution in [0.5, 0.6) is 0 Å². The Morgan fingerprint density at radius 3 is 2.70 bits per heavy atom. The van der Waals surface area contributed by atoms with E-state index in [2.05, 4.69) is 29.3 Å². The normalized spacial score (nSPS) is 15.7. The molecule has 2 aromatic rings. The molecule has 0 unspecified atom stereocenters. The second-order valence-corrected chi connectivity index (χ2v) is 6.69. The molecule has 20 heavy (non-hydrogen) atoms. The van der Waals surface area contributed by atoms with Crippen LogP contribution in [0.1, 0.15) is 10.4 Å². The monoisotopic (exact) mass is 307 g/mol. The first-order valence-corrected chi connectivity index (χ1v) is 8.04. The molecule has 1 aromatic heterocycles.